The first kappa shape index (κ1) is 24.0. The third-order valence-corrected chi connectivity index (χ3v) is 5.91. The predicted octanol–water partition coefficient (Wildman–Crippen LogP) is 6.98. The molecule has 0 saturated heterocycles. The van der Waals surface area contributed by atoms with Crippen molar-refractivity contribution in [3.8, 4) is 0 Å². The molecule has 5 nitrogen and oxygen atoms in total. The summed E-state index contributed by atoms with van der Waals surface area (Å²) in [5.41, 5.74) is 2.13. The second kappa shape index (κ2) is 8.92. The van der Waals surface area contributed by atoms with Crippen LogP contribution in [0.25, 0.3) is 10.9 Å². The lowest BCUT2D eigenvalue weighted by Crippen LogP contribution is -2.17. The molecule has 34 heavy (non-hydrogen) atoms. The van der Waals surface area contributed by atoms with Gasteiger partial charge in [0.1, 0.15) is 5.69 Å². The number of alkyl halides is 3. The molecular weight excluding hydrogens is 488 g/mol. The van der Waals surface area contributed by atoms with Crippen LogP contribution >= 0.6 is 23.2 Å². The number of hydrogen-bond acceptors (Lipinski definition) is 3. The van der Waals surface area contributed by atoms with Crippen LogP contribution in [0.1, 0.15) is 38.6 Å². The molecule has 0 aliphatic heterocycles. The fourth-order valence-corrected chi connectivity index (χ4v) is 4.32. The Kier molecular flexibility index (Phi) is 6.31. The van der Waals surface area contributed by atoms with Gasteiger partial charge in [0.2, 0.25) is 0 Å². The Bertz CT molecular complexity index is 1430. The van der Waals surface area contributed by atoms with E-state index in [0.29, 0.717) is 29.7 Å². The minimum absolute atomic E-state index is 0.0824. The van der Waals surface area contributed by atoms with Gasteiger partial charge in [0.15, 0.2) is 0 Å². The molecule has 4 rings (SSSR count). The van der Waals surface area contributed by atoms with E-state index in [-0.39, 0.29) is 26.5 Å². The highest BCUT2D eigenvalue weighted by Gasteiger charge is 2.34. The Hall–Kier alpha value is -3.10. The Morgan fingerprint density at radius 2 is 1.82 bits per heavy atom. The van der Waals surface area contributed by atoms with Crippen LogP contribution in [-0.4, -0.2) is 20.7 Å². The lowest BCUT2D eigenvalue weighted by molar-refractivity contribution is -0.140. The van der Waals surface area contributed by atoms with Gasteiger partial charge in [-0.1, -0.05) is 53.0 Å². The van der Waals surface area contributed by atoms with E-state index in [4.69, 9.17) is 23.2 Å². The van der Waals surface area contributed by atoms with Crippen LogP contribution in [0.15, 0.2) is 42.5 Å². The van der Waals surface area contributed by atoms with Crippen LogP contribution in [0, 0.1) is 20.8 Å². The van der Waals surface area contributed by atoms with Crippen molar-refractivity contribution in [3.05, 3.63) is 86.3 Å². The summed E-state index contributed by atoms with van der Waals surface area (Å²) in [5, 5.41) is 7.42. The monoisotopic (exact) mass is 506 g/mol. The molecule has 0 saturated carbocycles. The molecule has 0 bridgehead atoms. The largest absolute Gasteiger partial charge is 0.433 e. The van der Waals surface area contributed by atoms with E-state index in [1.807, 2.05) is 31.2 Å². The number of rotatable bonds is 4. The molecular formula is C24H19Cl2F3N4O. The van der Waals surface area contributed by atoms with E-state index in [0.717, 1.165) is 11.1 Å². The van der Waals surface area contributed by atoms with Crippen LogP contribution in [0.2, 0.25) is 10.0 Å². The smallest absolute Gasteiger partial charge is 0.319 e. The Morgan fingerprint density at radius 1 is 1.09 bits per heavy atom. The molecule has 1 amide bonds. The van der Waals surface area contributed by atoms with Gasteiger partial charge in [0.05, 0.1) is 39.7 Å². The number of aryl methyl sites for hydroxylation is 2. The van der Waals surface area contributed by atoms with Gasteiger partial charge in [-0.25, -0.2) is 4.98 Å². The lowest BCUT2D eigenvalue weighted by Gasteiger charge is -2.13. The highest BCUT2D eigenvalue weighted by atomic mass is 35.5. The number of pyridine rings is 1. The van der Waals surface area contributed by atoms with E-state index >= 15 is 0 Å². The summed E-state index contributed by atoms with van der Waals surface area (Å²) in [6.45, 7) is 5.97. The van der Waals surface area contributed by atoms with Gasteiger partial charge in [0.25, 0.3) is 5.91 Å². The first-order valence-electron chi connectivity index (χ1n) is 10.2. The zero-order chi connectivity index (χ0) is 24.8. The molecule has 2 heterocycles. The second-order valence-electron chi connectivity index (χ2n) is 7.98. The number of benzene rings is 2. The summed E-state index contributed by atoms with van der Waals surface area (Å²) < 4.78 is 42.2. The molecule has 176 valence electrons. The standard InChI is InChI=1S/C24H19Cl2F3N4O/c1-12-5-4-6-15(7-12)11-33-14(3)21(13(2)32-33)31-23(34)18-10-20(24(27,28)29)30-22-17(18)8-16(25)9-19(22)26/h4-10H,11H2,1-3H3,(H,31,34). The minimum Gasteiger partial charge on any atom is -0.319 e. The number of fused-ring (bicyclic) bond motifs is 1. The average Bonchev–Trinajstić information content (AvgIpc) is 2.99. The van der Waals surface area contributed by atoms with Crippen LogP contribution in [0.4, 0.5) is 18.9 Å². The molecule has 0 radical (unpaired) electrons. The second-order valence-corrected chi connectivity index (χ2v) is 8.83. The van der Waals surface area contributed by atoms with Crippen LogP contribution in [0.5, 0.6) is 0 Å². The average molecular weight is 507 g/mol. The number of carbonyl (C=O) groups is 1. The van der Waals surface area contributed by atoms with Crippen molar-refractivity contribution >= 4 is 45.7 Å². The van der Waals surface area contributed by atoms with Crippen molar-refractivity contribution in [1.29, 1.82) is 0 Å². The van der Waals surface area contributed by atoms with Crippen molar-refractivity contribution in [2.45, 2.75) is 33.5 Å². The molecule has 1 N–H and O–H groups in total. The molecule has 0 aliphatic carbocycles. The van der Waals surface area contributed by atoms with E-state index < -0.39 is 17.8 Å². The van der Waals surface area contributed by atoms with Crippen molar-refractivity contribution in [1.82, 2.24) is 14.8 Å². The first-order valence-corrected chi connectivity index (χ1v) is 11.0. The fourth-order valence-electron chi connectivity index (χ4n) is 3.78. The third kappa shape index (κ3) is 4.74. The number of nitrogens with one attached hydrogen (secondary N) is 1. The van der Waals surface area contributed by atoms with Crippen molar-refractivity contribution in [3.63, 3.8) is 0 Å². The van der Waals surface area contributed by atoms with Crippen LogP contribution in [0.3, 0.4) is 0 Å². The van der Waals surface area contributed by atoms with Crippen LogP contribution < -0.4 is 5.32 Å². The normalized spacial score (nSPS) is 11.8. The third-order valence-electron chi connectivity index (χ3n) is 5.40. The minimum atomic E-state index is -4.77. The summed E-state index contributed by atoms with van der Waals surface area (Å²) in [6, 6.07) is 11.3. The molecule has 2 aromatic heterocycles. The van der Waals surface area contributed by atoms with Gasteiger partial charge < -0.3 is 5.32 Å². The maximum atomic E-state index is 13.5. The van der Waals surface area contributed by atoms with Crippen molar-refractivity contribution in [2.24, 2.45) is 0 Å². The molecule has 0 unspecified atom stereocenters. The molecule has 0 aliphatic rings. The molecule has 4 aromatic rings. The fraction of sp³-hybridized carbons (Fsp3) is 0.208. The summed E-state index contributed by atoms with van der Waals surface area (Å²) >= 11 is 12.2. The van der Waals surface area contributed by atoms with E-state index in [1.165, 1.54) is 12.1 Å². The SMILES string of the molecule is Cc1cccc(Cn2nc(C)c(NC(=O)c3cc(C(F)(F)F)nc4c(Cl)cc(Cl)cc34)c2C)c1. The Labute approximate surface area is 203 Å². The number of carbonyl (C=O) groups excluding carboxylic acids is 1. The quantitative estimate of drug-likeness (QED) is 0.324. The van der Waals surface area contributed by atoms with Crippen LogP contribution in [-0.2, 0) is 12.7 Å². The van der Waals surface area contributed by atoms with E-state index in [9.17, 15) is 18.0 Å². The maximum absolute atomic E-state index is 13.5. The maximum Gasteiger partial charge on any atom is 0.433 e. The molecule has 10 heteroatoms. The number of hydrogen-bond donors (Lipinski definition) is 1. The highest BCUT2D eigenvalue weighted by molar-refractivity contribution is 6.39. The van der Waals surface area contributed by atoms with Gasteiger partial charge in [-0.15, -0.1) is 0 Å². The molecule has 2 aromatic carbocycles. The summed E-state index contributed by atoms with van der Waals surface area (Å²) in [5.74, 6) is -0.752. The van der Waals surface area contributed by atoms with Gasteiger partial charge >= 0.3 is 6.18 Å². The van der Waals surface area contributed by atoms with E-state index in [2.05, 4.69) is 15.4 Å². The number of nitrogens with zero attached hydrogens (tertiary/aromatic N) is 3. The number of amides is 1. The van der Waals surface area contributed by atoms with E-state index in [1.54, 1.807) is 18.5 Å². The number of anilines is 1. The van der Waals surface area contributed by atoms with Crippen molar-refractivity contribution < 1.29 is 18.0 Å². The summed E-state index contributed by atoms with van der Waals surface area (Å²) in [4.78, 5) is 16.8. The summed E-state index contributed by atoms with van der Waals surface area (Å²) in [6.07, 6.45) is -4.77. The molecule has 0 spiro atoms. The summed E-state index contributed by atoms with van der Waals surface area (Å²) in [7, 11) is 0. The highest BCUT2D eigenvalue weighted by Crippen LogP contribution is 2.35. The van der Waals surface area contributed by atoms with Gasteiger partial charge in [-0.2, -0.15) is 18.3 Å². The predicted molar refractivity (Wildman–Crippen MR) is 127 cm³/mol. The topological polar surface area (TPSA) is 59.8 Å². The first-order chi connectivity index (χ1) is 15.9. The zero-order valence-electron chi connectivity index (χ0n) is 18.4. The van der Waals surface area contributed by atoms with Gasteiger partial charge in [-0.05, 0) is 44.5 Å². The number of halogens is 5. The Balaban J connectivity index is 1.75. The molecule has 0 atom stereocenters. The lowest BCUT2D eigenvalue weighted by atomic mass is 10.1. The molecule has 0 fully saturated rings. The zero-order valence-corrected chi connectivity index (χ0v) is 19.9. The number of aromatic nitrogens is 3. The van der Waals surface area contributed by atoms with Gasteiger partial charge in [0, 0.05) is 10.4 Å². The van der Waals surface area contributed by atoms with Gasteiger partial charge in [-0.3, -0.25) is 9.48 Å². The Morgan fingerprint density at radius 3 is 2.50 bits per heavy atom. The van der Waals surface area contributed by atoms with Crippen molar-refractivity contribution in [2.75, 3.05) is 5.32 Å².